The number of aromatic nitrogens is 2. The van der Waals surface area contributed by atoms with E-state index in [0.717, 1.165) is 10.5 Å². The highest BCUT2D eigenvalue weighted by molar-refractivity contribution is 6.20. The predicted octanol–water partition coefficient (Wildman–Crippen LogP) is 4.84. The Balaban J connectivity index is 1.90. The number of hydrogen-bond acceptors (Lipinski definition) is 6. The van der Waals surface area contributed by atoms with Gasteiger partial charge in [0, 0.05) is 41.1 Å². The fourth-order valence-corrected chi connectivity index (χ4v) is 4.01. The summed E-state index contributed by atoms with van der Waals surface area (Å²) in [6.07, 6.45) is 3.91. The Bertz CT molecular complexity index is 1460. The fraction of sp³-hybridized carbons (Fsp3) is 0.185. The zero-order valence-electron chi connectivity index (χ0n) is 20.0. The van der Waals surface area contributed by atoms with E-state index in [1.165, 1.54) is 12.1 Å². The van der Waals surface area contributed by atoms with Crippen LogP contribution in [0, 0.1) is 21.4 Å². The zero-order chi connectivity index (χ0) is 26.0. The first-order valence-corrected chi connectivity index (χ1v) is 11.4. The zero-order valence-corrected chi connectivity index (χ0v) is 20.0. The normalized spacial score (nSPS) is 15.8. The molecular weight excluding hydrogens is 458 g/mol. The molecule has 2 heterocycles. The van der Waals surface area contributed by atoms with E-state index >= 15 is 0 Å². The van der Waals surface area contributed by atoms with Crippen molar-refractivity contribution in [3.8, 4) is 23.0 Å². The molecule has 1 aliphatic heterocycles. The molecule has 4 rings (SSSR count). The van der Waals surface area contributed by atoms with Gasteiger partial charge in [0.05, 0.1) is 16.3 Å². The van der Waals surface area contributed by atoms with Crippen molar-refractivity contribution in [2.75, 3.05) is 0 Å². The third-order valence-corrected chi connectivity index (χ3v) is 6.22. The van der Waals surface area contributed by atoms with Gasteiger partial charge in [-0.25, -0.2) is 4.68 Å². The first kappa shape index (κ1) is 24.3. The van der Waals surface area contributed by atoms with E-state index in [0.29, 0.717) is 28.9 Å². The summed E-state index contributed by atoms with van der Waals surface area (Å²) in [5.74, 6) is -1.05. The monoisotopic (exact) mass is 481 g/mol. The lowest BCUT2D eigenvalue weighted by atomic mass is 9.92. The van der Waals surface area contributed by atoms with Gasteiger partial charge in [-0.1, -0.05) is 37.3 Å². The van der Waals surface area contributed by atoms with E-state index in [1.54, 1.807) is 42.9 Å². The lowest BCUT2D eigenvalue weighted by Gasteiger charge is -2.31. The Morgan fingerprint density at radius 1 is 1.11 bits per heavy atom. The van der Waals surface area contributed by atoms with Crippen LogP contribution in [-0.2, 0) is 9.59 Å². The Hall–Kier alpha value is -4.84. The van der Waals surface area contributed by atoms with Crippen LogP contribution in [0.5, 0.6) is 0 Å². The number of carbonyl (C=O) groups is 2. The maximum Gasteiger partial charge on any atom is 0.271 e. The second-order valence-corrected chi connectivity index (χ2v) is 8.42. The molecule has 1 atom stereocenters. The molecular formula is C27H23N5O4. The number of nitrogens with zero attached hydrogens (tertiary/aromatic N) is 5. The third-order valence-electron chi connectivity index (χ3n) is 6.22. The number of imide groups is 1. The summed E-state index contributed by atoms with van der Waals surface area (Å²) in [5.41, 5.74) is 3.02. The maximum atomic E-state index is 13.4. The molecule has 1 unspecified atom stereocenters. The Morgan fingerprint density at radius 3 is 2.36 bits per heavy atom. The average molecular weight is 482 g/mol. The molecule has 9 nitrogen and oxygen atoms in total. The number of benzene rings is 2. The van der Waals surface area contributed by atoms with Crippen LogP contribution in [0.15, 0.2) is 77.5 Å². The maximum absolute atomic E-state index is 13.4. The van der Waals surface area contributed by atoms with Crippen LogP contribution in [0.1, 0.15) is 32.8 Å². The third kappa shape index (κ3) is 4.32. The second kappa shape index (κ2) is 9.80. The minimum absolute atomic E-state index is 0.0380. The molecule has 180 valence electrons. The van der Waals surface area contributed by atoms with Crippen LogP contribution in [0.4, 0.5) is 5.69 Å². The molecule has 0 bridgehead atoms. The van der Waals surface area contributed by atoms with E-state index in [1.807, 2.05) is 43.3 Å². The molecule has 0 spiro atoms. The van der Waals surface area contributed by atoms with E-state index < -0.39 is 16.7 Å². The van der Waals surface area contributed by atoms with E-state index in [9.17, 15) is 25.0 Å². The number of non-ortho nitro benzene ring substituents is 1. The molecule has 9 heteroatoms. The molecule has 0 saturated carbocycles. The summed E-state index contributed by atoms with van der Waals surface area (Å²) >= 11 is 0. The molecule has 2 aromatic carbocycles. The number of hydrogen-bond donors (Lipinski definition) is 0. The van der Waals surface area contributed by atoms with Gasteiger partial charge in [0.25, 0.3) is 17.5 Å². The molecule has 1 aliphatic rings. The number of carbonyl (C=O) groups excluding carboxylic acids is 2. The van der Waals surface area contributed by atoms with Crippen molar-refractivity contribution in [1.82, 2.24) is 14.7 Å². The fourth-order valence-electron chi connectivity index (χ4n) is 4.01. The number of nitriles is 1. The number of rotatable bonds is 6. The highest BCUT2D eigenvalue weighted by Gasteiger charge is 2.37. The summed E-state index contributed by atoms with van der Waals surface area (Å²) in [7, 11) is 0. The van der Waals surface area contributed by atoms with E-state index in [-0.39, 0.29) is 22.9 Å². The lowest BCUT2D eigenvalue weighted by Crippen LogP contribution is -2.47. The largest absolute Gasteiger partial charge is 0.271 e. The van der Waals surface area contributed by atoms with Gasteiger partial charge in [-0.3, -0.25) is 24.6 Å². The summed E-state index contributed by atoms with van der Waals surface area (Å²) in [5, 5.41) is 25.4. The molecule has 36 heavy (non-hydrogen) atoms. The van der Waals surface area contributed by atoms with Gasteiger partial charge in [0.15, 0.2) is 0 Å². The van der Waals surface area contributed by atoms with Gasteiger partial charge >= 0.3 is 0 Å². The smallest absolute Gasteiger partial charge is 0.271 e. The van der Waals surface area contributed by atoms with Crippen molar-refractivity contribution >= 4 is 23.6 Å². The van der Waals surface area contributed by atoms with Gasteiger partial charge in [-0.15, -0.1) is 0 Å². The van der Waals surface area contributed by atoms with Crippen molar-refractivity contribution in [2.24, 2.45) is 0 Å². The summed E-state index contributed by atoms with van der Waals surface area (Å²) < 4.78 is 1.58. The first-order valence-electron chi connectivity index (χ1n) is 11.4. The molecule has 0 aliphatic carbocycles. The van der Waals surface area contributed by atoms with E-state index in [2.05, 4.69) is 0 Å². The molecule has 0 saturated heterocycles. The van der Waals surface area contributed by atoms with Gasteiger partial charge in [-0.2, -0.15) is 10.4 Å². The van der Waals surface area contributed by atoms with Crippen LogP contribution in [0.25, 0.3) is 23.0 Å². The Morgan fingerprint density at radius 2 is 1.78 bits per heavy atom. The highest BCUT2D eigenvalue weighted by Crippen LogP contribution is 2.32. The summed E-state index contributed by atoms with van der Waals surface area (Å²) in [6.45, 7) is 5.23. The van der Waals surface area contributed by atoms with Crippen molar-refractivity contribution in [1.29, 1.82) is 5.26 Å². The number of nitro benzene ring substituents is 1. The molecule has 0 radical (unpaired) electrons. The molecule has 3 aromatic rings. The topological polar surface area (TPSA) is 122 Å². The second-order valence-electron chi connectivity index (χ2n) is 8.42. The van der Waals surface area contributed by atoms with Crippen molar-refractivity contribution in [3.63, 3.8) is 0 Å². The Labute approximate surface area is 207 Å². The molecule has 0 N–H and O–H groups in total. The minimum Gasteiger partial charge on any atom is -0.271 e. The van der Waals surface area contributed by atoms with Crippen LogP contribution in [0.2, 0.25) is 0 Å². The summed E-state index contributed by atoms with van der Waals surface area (Å²) in [4.78, 5) is 38.0. The average Bonchev–Trinajstić information content (AvgIpc) is 3.31. The van der Waals surface area contributed by atoms with Crippen molar-refractivity contribution < 1.29 is 14.5 Å². The molecule has 1 aromatic heterocycles. The standard InChI is InChI=1S/C27H23N5O4/c1-4-17(2)31-26(33)23(18(3)24(15-28)27(31)34)14-20-16-30(21-10-12-22(13-11-21)32(35)36)29-25(20)19-8-6-5-7-9-19/h5-14,16-17H,4H2,1-3H3/b23-14+. The number of amides is 2. The SMILES string of the molecule is CCC(C)N1C(=O)C(C#N)=C(C)/C(=C\c2cn(-c3ccc([N+](=O)[O-])cc3)nc2-c2ccccc2)C1=O. The van der Waals surface area contributed by atoms with E-state index in [4.69, 9.17) is 5.10 Å². The predicted molar refractivity (Wildman–Crippen MR) is 134 cm³/mol. The summed E-state index contributed by atoms with van der Waals surface area (Å²) in [6, 6.07) is 16.9. The highest BCUT2D eigenvalue weighted by atomic mass is 16.6. The Kier molecular flexibility index (Phi) is 6.61. The first-order chi connectivity index (χ1) is 17.3. The van der Waals surface area contributed by atoms with Crippen LogP contribution in [-0.4, -0.2) is 37.5 Å². The van der Waals surface area contributed by atoms with Gasteiger partial charge in [-0.05, 0) is 44.1 Å². The molecule has 0 fully saturated rings. The van der Waals surface area contributed by atoms with Crippen LogP contribution < -0.4 is 0 Å². The lowest BCUT2D eigenvalue weighted by molar-refractivity contribution is -0.384. The quantitative estimate of drug-likeness (QED) is 0.215. The van der Waals surface area contributed by atoms with Crippen LogP contribution >= 0.6 is 0 Å². The van der Waals surface area contributed by atoms with Gasteiger partial charge in [0.1, 0.15) is 11.6 Å². The molecule has 2 amide bonds. The minimum atomic E-state index is -0.587. The van der Waals surface area contributed by atoms with Gasteiger partial charge in [0.2, 0.25) is 0 Å². The van der Waals surface area contributed by atoms with Crippen molar-refractivity contribution in [3.05, 3.63) is 93.2 Å². The number of nitro groups is 1. The van der Waals surface area contributed by atoms with Crippen LogP contribution in [0.3, 0.4) is 0 Å². The van der Waals surface area contributed by atoms with Gasteiger partial charge < -0.3 is 0 Å². The van der Waals surface area contributed by atoms with Crippen molar-refractivity contribution in [2.45, 2.75) is 33.2 Å².